The van der Waals surface area contributed by atoms with Gasteiger partial charge in [0.05, 0.1) is 21.1 Å². The minimum absolute atomic E-state index is 0.0550. The van der Waals surface area contributed by atoms with Gasteiger partial charge in [0.1, 0.15) is 6.07 Å². The Hall–Kier alpha value is -0.520. The molecule has 0 spiro atoms. The van der Waals surface area contributed by atoms with Crippen LogP contribution in [0, 0.1) is 14.9 Å². The van der Waals surface area contributed by atoms with Crippen LogP contribution in [0.1, 0.15) is 5.56 Å². The summed E-state index contributed by atoms with van der Waals surface area (Å²) in [6.07, 6.45) is 0. The third-order valence-electron chi connectivity index (χ3n) is 1.65. The molecule has 0 radical (unpaired) electrons. The zero-order valence-electron chi connectivity index (χ0n) is 7.49. The Morgan fingerprint density at radius 2 is 2.13 bits per heavy atom. The second-order valence-corrected chi connectivity index (χ2v) is 6.12. The average molecular weight is 358 g/mol. The number of nitrogens with zero attached hydrogens (tertiary/aromatic N) is 1. The van der Waals surface area contributed by atoms with Gasteiger partial charge in [0.25, 0.3) is 9.05 Å². The van der Waals surface area contributed by atoms with Crippen molar-refractivity contribution in [3.8, 4) is 11.8 Å². The largest absolute Gasteiger partial charge is 0.494 e. The summed E-state index contributed by atoms with van der Waals surface area (Å²) in [5, 5.41) is 8.75. The molecule has 0 saturated carbocycles. The molecule has 0 atom stereocenters. The van der Waals surface area contributed by atoms with E-state index in [0.29, 0.717) is 3.57 Å². The lowest BCUT2D eigenvalue weighted by Gasteiger charge is -2.07. The van der Waals surface area contributed by atoms with Crippen LogP contribution >= 0.6 is 33.3 Å². The van der Waals surface area contributed by atoms with Crippen molar-refractivity contribution >= 4 is 42.3 Å². The number of methoxy groups -OCH3 is 1. The molecule has 0 bridgehead atoms. The zero-order chi connectivity index (χ0) is 11.6. The molecule has 0 unspecified atom stereocenters. The van der Waals surface area contributed by atoms with Crippen molar-refractivity contribution in [2.45, 2.75) is 4.90 Å². The molecule has 7 heteroatoms. The van der Waals surface area contributed by atoms with Gasteiger partial charge in [0.2, 0.25) is 0 Å². The summed E-state index contributed by atoms with van der Waals surface area (Å²) >= 11 is 1.78. The van der Waals surface area contributed by atoms with Gasteiger partial charge in [-0.2, -0.15) is 5.26 Å². The number of ether oxygens (including phenoxy) is 1. The van der Waals surface area contributed by atoms with Crippen molar-refractivity contribution in [2.24, 2.45) is 0 Å². The monoisotopic (exact) mass is 357 g/mol. The summed E-state index contributed by atoms with van der Waals surface area (Å²) in [6, 6.07) is 4.54. The second-order valence-electron chi connectivity index (χ2n) is 2.51. The van der Waals surface area contributed by atoms with Crippen LogP contribution < -0.4 is 4.74 Å². The highest BCUT2D eigenvalue weighted by molar-refractivity contribution is 14.1. The molecule has 0 aliphatic rings. The van der Waals surface area contributed by atoms with E-state index in [1.807, 2.05) is 6.07 Å². The topological polar surface area (TPSA) is 67.2 Å². The van der Waals surface area contributed by atoms with E-state index >= 15 is 0 Å². The second kappa shape index (κ2) is 4.55. The van der Waals surface area contributed by atoms with Crippen LogP contribution in [0.3, 0.4) is 0 Å². The smallest absolute Gasteiger partial charge is 0.262 e. The van der Waals surface area contributed by atoms with E-state index in [4.69, 9.17) is 20.7 Å². The molecular weight excluding hydrogens is 353 g/mol. The third kappa shape index (κ3) is 2.53. The Labute approximate surface area is 105 Å². The van der Waals surface area contributed by atoms with E-state index in [0.717, 1.165) is 0 Å². The summed E-state index contributed by atoms with van der Waals surface area (Å²) in [5.41, 5.74) is 0.269. The van der Waals surface area contributed by atoms with Gasteiger partial charge in [-0.15, -0.1) is 0 Å². The molecule has 0 saturated heterocycles. The first-order valence-electron chi connectivity index (χ1n) is 3.63. The van der Waals surface area contributed by atoms with E-state index in [2.05, 4.69) is 0 Å². The van der Waals surface area contributed by atoms with Gasteiger partial charge in [-0.3, -0.25) is 0 Å². The van der Waals surface area contributed by atoms with Crippen molar-refractivity contribution in [1.29, 1.82) is 5.26 Å². The highest BCUT2D eigenvalue weighted by Crippen LogP contribution is 2.32. The van der Waals surface area contributed by atoms with E-state index in [9.17, 15) is 8.42 Å². The van der Waals surface area contributed by atoms with Crippen LogP contribution in [-0.2, 0) is 9.05 Å². The van der Waals surface area contributed by atoms with Crippen LogP contribution in [0.15, 0.2) is 17.0 Å². The molecule has 4 nitrogen and oxygen atoms in total. The molecule has 0 amide bonds. The summed E-state index contributed by atoms with van der Waals surface area (Å²) in [7, 11) is 2.77. The Kier molecular flexibility index (Phi) is 3.81. The van der Waals surface area contributed by atoms with Crippen LogP contribution in [-0.4, -0.2) is 15.5 Å². The van der Waals surface area contributed by atoms with Crippen molar-refractivity contribution in [1.82, 2.24) is 0 Å². The fourth-order valence-corrected chi connectivity index (χ4v) is 3.89. The minimum atomic E-state index is -3.82. The summed E-state index contributed by atoms with van der Waals surface area (Å²) in [5.74, 6) is 0.222. The normalized spacial score (nSPS) is 10.8. The summed E-state index contributed by atoms with van der Waals surface area (Å²) in [6.45, 7) is 0. The lowest BCUT2D eigenvalue weighted by Crippen LogP contribution is -1.99. The molecular formula is C8H5ClINO3S. The number of hydrogen-bond acceptors (Lipinski definition) is 4. The Morgan fingerprint density at radius 3 is 2.53 bits per heavy atom. The van der Waals surface area contributed by atoms with Gasteiger partial charge in [-0.05, 0) is 34.7 Å². The van der Waals surface area contributed by atoms with Crippen LogP contribution in [0.4, 0.5) is 0 Å². The lowest BCUT2D eigenvalue weighted by molar-refractivity contribution is 0.409. The van der Waals surface area contributed by atoms with Crippen LogP contribution in [0.5, 0.6) is 5.75 Å². The van der Waals surface area contributed by atoms with Gasteiger partial charge in [-0.25, -0.2) is 8.42 Å². The highest BCUT2D eigenvalue weighted by Gasteiger charge is 2.19. The van der Waals surface area contributed by atoms with Crippen molar-refractivity contribution in [3.63, 3.8) is 0 Å². The van der Waals surface area contributed by atoms with Crippen LogP contribution in [0.2, 0.25) is 0 Å². The van der Waals surface area contributed by atoms with Crippen molar-refractivity contribution in [2.75, 3.05) is 7.11 Å². The molecule has 1 rings (SSSR count). The van der Waals surface area contributed by atoms with Gasteiger partial charge < -0.3 is 4.74 Å². The molecule has 15 heavy (non-hydrogen) atoms. The first-order valence-corrected chi connectivity index (χ1v) is 7.02. The summed E-state index contributed by atoms with van der Waals surface area (Å²) in [4.78, 5) is -0.0550. The summed E-state index contributed by atoms with van der Waals surface area (Å²) < 4.78 is 27.5. The lowest BCUT2D eigenvalue weighted by atomic mass is 10.2. The van der Waals surface area contributed by atoms with E-state index in [1.165, 1.54) is 19.2 Å². The molecule has 0 N–H and O–H groups in total. The first-order chi connectivity index (χ1) is 6.91. The van der Waals surface area contributed by atoms with Gasteiger partial charge in [0, 0.05) is 10.7 Å². The van der Waals surface area contributed by atoms with Gasteiger partial charge in [-0.1, -0.05) is 0 Å². The zero-order valence-corrected chi connectivity index (χ0v) is 11.2. The Balaban J connectivity index is 3.59. The Morgan fingerprint density at radius 1 is 1.53 bits per heavy atom. The molecule has 1 aromatic rings. The van der Waals surface area contributed by atoms with E-state index in [-0.39, 0.29) is 16.2 Å². The molecule has 1 aromatic carbocycles. The molecule has 0 aromatic heterocycles. The minimum Gasteiger partial charge on any atom is -0.494 e. The fourth-order valence-electron chi connectivity index (χ4n) is 1.01. The fraction of sp³-hybridized carbons (Fsp3) is 0.125. The molecule has 0 fully saturated rings. The number of rotatable bonds is 2. The number of nitriles is 1. The number of hydrogen-bond donors (Lipinski definition) is 0. The maximum absolute atomic E-state index is 11.1. The number of halogens is 2. The molecule has 0 aliphatic heterocycles. The highest BCUT2D eigenvalue weighted by atomic mass is 127. The predicted octanol–water partition coefficient (Wildman–Crippen LogP) is 2.10. The first kappa shape index (κ1) is 12.5. The third-order valence-corrected chi connectivity index (χ3v) is 4.45. The van der Waals surface area contributed by atoms with Crippen molar-refractivity contribution < 1.29 is 13.2 Å². The molecule has 0 aliphatic carbocycles. The van der Waals surface area contributed by atoms with Gasteiger partial charge in [0.15, 0.2) is 5.75 Å². The predicted molar refractivity (Wildman–Crippen MR) is 63.5 cm³/mol. The standard InChI is InChI=1S/C8H5ClINO3S/c1-14-8-5(4-11)2-3-6(7(8)10)15(9,12)13/h2-3H,1H3. The quantitative estimate of drug-likeness (QED) is 0.600. The van der Waals surface area contributed by atoms with E-state index < -0.39 is 9.05 Å². The SMILES string of the molecule is COc1c(C#N)ccc(S(=O)(=O)Cl)c1I. The Bertz CT molecular complexity index is 536. The van der Waals surface area contributed by atoms with Crippen molar-refractivity contribution in [3.05, 3.63) is 21.3 Å². The average Bonchev–Trinajstić information content (AvgIpc) is 2.15. The maximum Gasteiger partial charge on any atom is 0.262 e. The maximum atomic E-state index is 11.1. The van der Waals surface area contributed by atoms with Crippen LogP contribution in [0.25, 0.3) is 0 Å². The van der Waals surface area contributed by atoms with Gasteiger partial charge >= 0.3 is 0 Å². The van der Waals surface area contributed by atoms with E-state index in [1.54, 1.807) is 22.6 Å². The molecule has 80 valence electrons. The number of benzene rings is 1. The molecule has 0 heterocycles.